The molecule has 0 aromatic carbocycles. The van der Waals surface area contributed by atoms with Crippen LogP contribution in [0.15, 0.2) is 49.8 Å². The van der Waals surface area contributed by atoms with Crippen molar-refractivity contribution >= 4 is 18.0 Å². The van der Waals surface area contributed by atoms with Crippen LogP contribution in [-0.2, 0) is 0 Å². The molecule has 1 atom stereocenters. The summed E-state index contributed by atoms with van der Waals surface area (Å²) in [5.74, 6) is 3.05. The van der Waals surface area contributed by atoms with Gasteiger partial charge in [-0.1, -0.05) is 0 Å². The molecule has 0 radical (unpaired) electrons. The van der Waals surface area contributed by atoms with E-state index in [1.165, 1.54) is 12.8 Å². The van der Waals surface area contributed by atoms with Crippen LogP contribution in [0.1, 0.15) is 18.6 Å². The topological polar surface area (TPSA) is 88.3 Å². The second kappa shape index (κ2) is 4.12. The molecule has 1 unspecified atom stereocenters. The third-order valence-electron chi connectivity index (χ3n) is 3.53. The van der Waals surface area contributed by atoms with Crippen LogP contribution in [0.3, 0.4) is 0 Å². The number of quaternary nitrogens is 1. The summed E-state index contributed by atoms with van der Waals surface area (Å²) >= 11 is 0. The first-order chi connectivity index (χ1) is 9.75. The molecule has 3 heterocycles. The van der Waals surface area contributed by atoms with Crippen LogP contribution in [0.2, 0.25) is 0 Å². The Morgan fingerprint density at radius 3 is 3.10 bits per heavy atom. The molecule has 0 saturated heterocycles. The van der Waals surface area contributed by atoms with Gasteiger partial charge in [-0.05, 0) is 40.7 Å². The lowest BCUT2D eigenvalue weighted by Gasteiger charge is -2.25. The molecule has 20 heavy (non-hydrogen) atoms. The first kappa shape index (κ1) is 11.6. The van der Waals surface area contributed by atoms with Gasteiger partial charge in [0.1, 0.15) is 0 Å². The molecule has 3 aliphatic rings. The van der Waals surface area contributed by atoms with E-state index in [0.29, 0.717) is 23.3 Å². The quantitative estimate of drug-likeness (QED) is 0.798. The Bertz CT molecular complexity index is 652. The van der Waals surface area contributed by atoms with Crippen LogP contribution in [0.5, 0.6) is 0 Å². The summed E-state index contributed by atoms with van der Waals surface area (Å²) in [6.07, 6.45) is 7.60. The molecule has 7 heteroatoms. The first-order valence-corrected chi connectivity index (χ1v) is 6.65. The predicted molar refractivity (Wildman–Crippen MR) is 74.4 cm³/mol. The molecule has 3 N–H and O–H groups in total. The van der Waals surface area contributed by atoms with E-state index >= 15 is 0 Å². The van der Waals surface area contributed by atoms with Crippen LogP contribution >= 0.6 is 0 Å². The van der Waals surface area contributed by atoms with E-state index in [9.17, 15) is 0 Å². The number of nitrogens with one attached hydrogen (secondary N) is 1. The zero-order valence-corrected chi connectivity index (χ0v) is 10.9. The monoisotopic (exact) mass is 271 g/mol. The van der Waals surface area contributed by atoms with Gasteiger partial charge in [-0.25, -0.2) is 0 Å². The van der Waals surface area contributed by atoms with Crippen LogP contribution in [-0.4, -0.2) is 29.3 Å². The molecule has 0 amide bonds. The lowest BCUT2D eigenvalue weighted by Crippen LogP contribution is -2.52. The minimum Gasteiger partial charge on any atom is -0.461 e. The molecule has 4 rings (SSSR count). The molecule has 1 saturated carbocycles. The van der Waals surface area contributed by atoms with Crippen molar-refractivity contribution < 1.29 is 9.12 Å². The fourth-order valence-corrected chi connectivity index (χ4v) is 2.23. The fraction of sp³-hybridized carbons (Fsp3) is 0.308. The van der Waals surface area contributed by atoms with Gasteiger partial charge in [0.15, 0.2) is 11.6 Å². The number of nitrogens with zero attached hydrogens (tertiary/aromatic N) is 4. The summed E-state index contributed by atoms with van der Waals surface area (Å²) in [5, 5.41) is 4.40. The number of amidine groups is 2. The zero-order valence-electron chi connectivity index (χ0n) is 10.9. The summed E-state index contributed by atoms with van der Waals surface area (Å²) in [6.45, 7) is 0.881. The van der Waals surface area contributed by atoms with Crippen LogP contribution in [0.25, 0.3) is 0 Å². The summed E-state index contributed by atoms with van der Waals surface area (Å²) in [5.41, 5.74) is 9.20. The Hall–Kier alpha value is -2.25. The van der Waals surface area contributed by atoms with Crippen molar-refractivity contribution in [2.45, 2.75) is 12.8 Å². The third-order valence-corrected chi connectivity index (χ3v) is 3.53. The maximum atomic E-state index is 5.83. The number of fused-ring (bicyclic) bond motifs is 1. The van der Waals surface area contributed by atoms with Gasteiger partial charge >= 0.3 is 0 Å². The van der Waals surface area contributed by atoms with E-state index < -0.39 is 0 Å². The summed E-state index contributed by atoms with van der Waals surface area (Å²) < 4.78 is 5.37. The number of hydrogen-bond acceptors (Lipinski definition) is 6. The molecular weight excluding hydrogens is 256 g/mol. The second-order valence-electron chi connectivity index (χ2n) is 5.18. The number of nitrogens with two attached hydrogens (primary N) is 1. The number of rotatable bonds is 4. The molecule has 1 aromatic rings. The van der Waals surface area contributed by atoms with E-state index in [2.05, 4.69) is 20.5 Å². The fourth-order valence-electron chi connectivity index (χ4n) is 2.23. The Kier molecular flexibility index (Phi) is 2.38. The van der Waals surface area contributed by atoms with E-state index in [-0.39, 0.29) is 4.70 Å². The predicted octanol–water partition coefficient (Wildman–Crippen LogP) is 0.927. The van der Waals surface area contributed by atoms with Crippen molar-refractivity contribution in [1.29, 1.82) is 0 Å². The molecule has 7 nitrogen and oxygen atoms in total. The summed E-state index contributed by atoms with van der Waals surface area (Å²) in [7, 11) is 0. The van der Waals surface area contributed by atoms with Crippen molar-refractivity contribution in [3.05, 3.63) is 36.1 Å². The number of hydrogen-bond donors (Lipinski definition) is 2. The van der Waals surface area contributed by atoms with Gasteiger partial charge in [0, 0.05) is 0 Å². The Balaban J connectivity index is 1.64. The Morgan fingerprint density at radius 1 is 1.45 bits per heavy atom. The van der Waals surface area contributed by atoms with Crippen molar-refractivity contribution in [1.82, 2.24) is 5.43 Å². The average molecular weight is 271 g/mol. The van der Waals surface area contributed by atoms with Gasteiger partial charge in [0.05, 0.1) is 18.9 Å². The average Bonchev–Trinajstić information content (AvgIpc) is 2.99. The van der Waals surface area contributed by atoms with Crippen LogP contribution in [0, 0.1) is 5.92 Å². The maximum absolute atomic E-state index is 5.83. The van der Waals surface area contributed by atoms with E-state index in [1.54, 1.807) is 18.7 Å². The minimum atomic E-state index is 0.0482. The van der Waals surface area contributed by atoms with Crippen LogP contribution < -0.4 is 11.2 Å². The summed E-state index contributed by atoms with van der Waals surface area (Å²) in [6, 6.07) is 3.64. The van der Waals surface area contributed by atoms with Crippen molar-refractivity contribution in [2.24, 2.45) is 26.7 Å². The minimum absolute atomic E-state index is 0.0482. The standard InChI is InChI=1S/C13H15N6O/c14-11-6-12-17-13(10-2-1-5-20-10)15-8-19(12,18-11)16-7-9-3-4-9/h1-2,5-6,8-9,16H,3-4,7H2,(H2,14,18)/q+1. The molecule has 1 aliphatic carbocycles. The molecule has 102 valence electrons. The summed E-state index contributed by atoms with van der Waals surface area (Å²) in [4.78, 5) is 8.87. The van der Waals surface area contributed by atoms with E-state index in [4.69, 9.17) is 10.2 Å². The van der Waals surface area contributed by atoms with Gasteiger partial charge in [-0.15, -0.1) is 5.43 Å². The van der Waals surface area contributed by atoms with E-state index in [0.717, 1.165) is 12.5 Å². The molecular formula is C13H15N6O+. The highest BCUT2D eigenvalue weighted by atomic mass is 16.3. The SMILES string of the molecule is NC1=N[N+]2(NCC3CC3)C=NC(c3ccco3)=NC2=C1. The van der Waals surface area contributed by atoms with Gasteiger partial charge in [0.2, 0.25) is 12.2 Å². The van der Waals surface area contributed by atoms with Gasteiger partial charge < -0.3 is 10.2 Å². The van der Waals surface area contributed by atoms with Crippen molar-refractivity contribution in [3.8, 4) is 0 Å². The smallest absolute Gasteiger partial charge is 0.286 e. The van der Waals surface area contributed by atoms with Gasteiger partial charge in [0.25, 0.3) is 5.82 Å². The number of furan rings is 1. The highest BCUT2D eigenvalue weighted by molar-refractivity contribution is 6.03. The van der Waals surface area contributed by atoms with Crippen molar-refractivity contribution in [3.63, 3.8) is 0 Å². The lowest BCUT2D eigenvalue weighted by atomic mass is 10.4. The molecule has 1 fully saturated rings. The normalized spacial score (nSPS) is 27.9. The maximum Gasteiger partial charge on any atom is 0.286 e. The third kappa shape index (κ3) is 1.87. The molecule has 0 bridgehead atoms. The lowest BCUT2D eigenvalue weighted by molar-refractivity contribution is -0.849. The molecule has 1 aromatic heterocycles. The van der Waals surface area contributed by atoms with Crippen molar-refractivity contribution in [2.75, 3.05) is 6.54 Å². The number of aliphatic imine (C=N–C) groups is 2. The zero-order chi connectivity index (χ0) is 13.6. The second-order valence-corrected chi connectivity index (χ2v) is 5.18. The molecule has 2 aliphatic heterocycles. The van der Waals surface area contributed by atoms with Gasteiger partial charge in [-0.3, -0.25) is 0 Å². The van der Waals surface area contributed by atoms with Gasteiger partial charge in [-0.2, -0.15) is 9.98 Å². The highest BCUT2D eigenvalue weighted by Crippen LogP contribution is 2.30. The van der Waals surface area contributed by atoms with E-state index in [1.807, 2.05) is 12.1 Å². The van der Waals surface area contributed by atoms with Crippen LogP contribution in [0.4, 0.5) is 0 Å². The Morgan fingerprint density at radius 2 is 2.35 bits per heavy atom. The molecule has 0 spiro atoms. The first-order valence-electron chi connectivity index (χ1n) is 6.65. The largest absolute Gasteiger partial charge is 0.461 e. The highest BCUT2D eigenvalue weighted by Gasteiger charge is 2.42. The Labute approximate surface area is 115 Å².